The summed E-state index contributed by atoms with van der Waals surface area (Å²) in [5.74, 6) is -0.285. The number of carbonyl (C=O) groups excluding carboxylic acids is 2. The van der Waals surface area contributed by atoms with E-state index in [1.165, 1.54) is 22.2 Å². The number of nitrogens with zero attached hydrogens (tertiary/aromatic N) is 5. The van der Waals surface area contributed by atoms with E-state index in [-0.39, 0.29) is 12.5 Å². The molecule has 0 fully saturated rings. The maximum absolute atomic E-state index is 12.1. The number of ether oxygens (including phenoxy) is 1. The molecule has 0 radical (unpaired) electrons. The molecule has 0 aliphatic heterocycles. The molecule has 1 aromatic carbocycles. The van der Waals surface area contributed by atoms with Gasteiger partial charge in [0.1, 0.15) is 12.1 Å². The van der Waals surface area contributed by atoms with Crippen molar-refractivity contribution in [2.45, 2.75) is 6.54 Å². The quantitative estimate of drug-likeness (QED) is 0.618. The fourth-order valence-corrected chi connectivity index (χ4v) is 2.10. The van der Waals surface area contributed by atoms with E-state index >= 15 is 0 Å². The predicted molar refractivity (Wildman–Crippen MR) is 84.6 cm³/mol. The lowest BCUT2D eigenvalue weighted by Crippen LogP contribution is -2.30. The molecule has 3 rings (SSSR count). The van der Waals surface area contributed by atoms with Gasteiger partial charge in [0.05, 0.1) is 24.1 Å². The lowest BCUT2D eigenvalue weighted by Gasteiger charge is -2.15. The van der Waals surface area contributed by atoms with E-state index < -0.39 is 5.97 Å². The van der Waals surface area contributed by atoms with Crippen molar-refractivity contribution >= 4 is 11.9 Å². The molecule has 0 aliphatic rings. The van der Waals surface area contributed by atoms with Gasteiger partial charge < -0.3 is 14.1 Å². The van der Waals surface area contributed by atoms with Gasteiger partial charge in [-0.25, -0.2) is 9.48 Å². The van der Waals surface area contributed by atoms with Crippen molar-refractivity contribution in [3.63, 3.8) is 0 Å². The molecule has 0 N–H and O–H groups in total. The van der Waals surface area contributed by atoms with Crippen LogP contribution in [0.5, 0.6) is 0 Å². The first kappa shape index (κ1) is 16.4. The minimum atomic E-state index is -0.602. The number of aromatic nitrogens is 4. The van der Waals surface area contributed by atoms with E-state index in [1.54, 1.807) is 43.4 Å². The Morgan fingerprint density at radius 3 is 2.88 bits per heavy atom. The minimum absolute atomic E-state index is 0.300. The van der Waals surface area contributed by atoms with Crippen LogP contribution in [0.3, 0.4) is 0 Å². The molecule has 2 aromatic heterocycles. The summed E-state index contributed by atoms with van der Waals surface area (Å²) in [7, 11) is 1.61. The first-order chi connectivity index (χ1) is 12.1. The van der Waals surface area contributed by atoms with Gasteiger partial charge in [-0.2, -0.15) is 0 Å². The van der Waals surface area contributed by atoms with Gasteiger partial charge in [-0.3, -0.25) is 4.79 Å². The van der Waals surface area contributed by atoms with Crippen molar-refractivity contribution in [2.24, 2.45) is 0 Å². The van der Waals surface area contributed by atoms with Crippen LogP contribution in [-0.4, -0.2) is 50.6 Å². The third kappa shape index (κ3) is 4.08. The summed E-state index contributed by atoms with van der Waals surface area (Å²) in [6, 6.07) is 10.1. The van der Waals surface area contributed by atoms with Gasteiger partial charge >= 0.3 is 5.97 Å². The summed E-state index contributed by atoms with van der Waals surface area (Å²) in [6.07, 6.45) is 2.95. The summed E-state index contributed by atoms with van der Waals surface area (Å²) in [4.78, 5) is 25.6. The second kappa shape index (κ2) is 7.39. The fourth-order valence-electron chi connectivity index (χ4n) is 2.10. The number of hydrogen-bond donors (Lipinski definition) is 0. The number of esters is 1. The Bertz CT molecular complexity index is 845. The molecule has 3 aromatic rings. The van der Waals surface area contributed by atoms with Crippen molar-refractivity contribution in [2.75, 3.05) is 13.7 Å². The number of tetrazole rings is 1. The standard InChI is InChI=1S/C16H15N5O4/c1-20(9-14-6-3-7-24-14)15(22)10-25-16(23)12-4-2-5-13(8-12)21-11-17-18-19-21/h2-8,11H,9-10H2,1H3. The van der Waals surface area contributed by atoms with Crippen LogP contribution >= 0.6 is 0 Å². The topological polar surface area (TPSA) is 103 Å². The second-order valence-electron chi connectivity index (χ2n) is 5.21. The average Bonchev–Trinajstić information content (AvgIpc) is 3.33. The van der Waals surface area contributed by atoms with Crippen LogP contribution in [0.2, 0.25) is 0 Å². The summed E-state index contributed by atoms with van der Waals surface area (Å²) in [6.45, 7) is -0.0523. The van der Waals surface area contributed by atoms with Gasteiger partial charge in [0.25, 0.3) is 5.91 Å². The van der Waals surface area contributed by atoms with Crippen LogP contribution in [0.1, 0.15) is 16.1 Å². The molecule has 9 nitrogen and oxygen atoms in total. The highest BCUT2D eigenvalue weighted by Gasteiger charge is 2.15. The average molecular weight is 341 g/mol. The van der Waals surface area contributed by atoms with Gasteiger partial charge in [0, 0.05) is 7.05 Å². The van der Waals surface area contributed by atoms with Gasteiger partial charge in [-0.05, 0) is 40.8 Å². The molecule has 0 unspecified atom stereocenters. The van der Waals surface area contributed by atoms with Gasteiger partial charge in [0.15, 0.2) is 6.61 Å². The Labute approximate surface area is 142 Å². The minimum Gasteiger partial charge on any atom is -0.467 e. The third-order valence-electron chi connectivity index (χ3n) is 3.42. The molecule has 2 heterocycles. The van der Waals surface area contributed by atoms with Crippen LogP contribution in [0.25, 0.3) is 5.69 Å². The van der Waals surface area contributed by atoms with Crippen LogP contribution < -0.4 is 0 Å². The predicted octanol–water partition coefficient (Wildman–Crippen LogP) is 1.07. The number of hydrogen-bond acceptors (Lipinski definition) is 7. The number of benzene rings is 1. The highest BCUT2D eigenvalue weighted by Crippen LogP contribution is 2.10. The van der Waals surface area contributed by atoms with E-state index in [2.05, 4.69) is 15.5 Å². The molecule has 0 atom stereocenters. The van der Waals surface area contributed by atoms with E-state index in [0.29, 0.717) is 23.6 Å². The number of carbonyl (C=O) groups is 2. The molecule has 128 valence electrons. The van der Waals surface area contributed by atoms with Gasteiger partial charge in [-0.15, -0.1) is 5.10 Å². The fraction of sp³-hybridized carbons (Fsp3) is 0.188. The van der Waals surface area contributed by atoms with Gasteiger partial charge in [0.2, 0.25) is 0 Å². The monoisotopic (exact) mass is 341 g/mol. The lowest BCUT2D eigenvalue weighted by atomic mass is 10.2. The van der Waals surface area contributed by atoms with E-state index in [9.17, 15) is 9.59 Å². The molecule has 0 saturated carbocycles. The number of amides is 1. The Kier molecular flexibility index (Phi) is 4.84. The van der Waals surface area contributed by atoms with Crippen molar-refractivity contribution in [1.82, 2.24) is 25.1 Å². The Morgan fingerprint density at radius 2 is 2.16 bits per heavy atom. The third-order valence-corrected chi connectivity index (χ3v) is 3.42. The molecule has 0 spiro atoms. The largest absolute Gasteiger partial charge is 0.467 e. The zero-order chi connectivity index (χ0) is 17.6. The molecule has 0 bridgehead atoms. The first-order valence-corrected chi connectivity index (χ1v) is 7.40. The van der Waals surface area contributed by atoms with E-state index in [0.717, 1.165) is 0 Å². The Hall–Kier alpha value is -3.49. The molecule has 9 heteroatoms. The smallest absolute Gasteiger partial charge is 0.338 e. The number of likely N-dealkylation sites (N-methyl/N-ethyl adjacent to an activating group) is 1. The van der Waals surface area contributed by atoms with Crippen molar-refractivity contribution in [3.05, 3.63) is 60.3 Å². The summed E-state index contributed by atoms with van der Waals surface area (Å²) >= 11 is 0. The molecule has 0 aliphatic carbocycles. The highest BCUT2D eigenvalue weighted by molar-refractivity contribution is 5.91. The highest BCUT2D eigenvalue weighted by atomic mass is 16.5. The summed E-state index contributed by atoms with van der Waals surface area (Å²) in [5.41, 5.74) is 0.912. The van der Waals surface area contributed by atoms with Crippen LogP contribution in [0.4, 0.5) is 0 Å². The molecule has 25 heavy (non-hydrogen) atoms. The number of rotatable bonds is 6. The van der Waals surface area contributed by atoms with Crippen LogP contribution in [0, 0.1) is 0 Å². The van der Waals surface area contributed by atoms with Crippen molar-refractivity contribution < 1.29 is 18.7 Å². The normalized spacial score (nSPS) is 10.4. The van der Waals surface area contributed by atoms with E-state index in [1.807, 2.05) is 0 Å². The molecular formula is C16H15N5O4. The zero-order valence-corrected chi connectivity index (χ0v) is 13.4. The second-order valence-corrected chi connectivity index (χ2v) is 5.21. The number of furan rings is 1. The van der Waals surface area contributed by atoms with E-state index in [4.69, 9.17) is 9.15 Å². The SMILES string of the molecule is CN(Cc1ccco1)C(=O)COC(=O)c1cccc(-n2cnnn2)c1. The lowest BCUT2D eigenvalue weighted by molar-refractivity contribution is -0.133. The van der Waals surface area contributed by atoms with Crippen molar-refractivity contribution in [1.29, 1.82) is 0 Å². The van der Waals surface area contributed by atoms with Crippen LogP contribution in [0.15, 0.2) is 53.4 Å². The van der Waals surface area contributed by atoms with Crippen molar-refractivity contribution in [3.8, 4) is 5.69 Å². The van der Waals surface area contributed by atoms with Crippen LogP contribution in [-0.2, 0) is 16.1 Å². The Balaban J connectivity index is 1.57. The molecule has 0 saturated heterocycles. The molecule has 1 amide bonds. The zero-order valence-electron chi connectivity index (χ0n) is 13.4. The summed E-state index contributed by atoms with van der Waals surface area (Å²) in [5, 5.41) is 10.8. The molecular weight excluding hydrogens is 326 g/mol. The maximum atomic E-state index is 12.1. The maximum Gasteiger partial charge on any atom is 0.338 e. The Morgan fingerprint density at radius 1 is 1.28 bits per heavy atom. The summed E-state index contributed by atoms with van der Waals surface area (Å²) < 4.78 is 11.7. The first-order valence-electron chi connectivity index (χ1n) is 7.40. The van der Waals surface area contributed by atoms with Gasteiger partial charge in [-0.1, -0.05) is 6.07 Å².